The molecule has 0 spiro atoms. The van der Waals surface area contributed by atoms with Crippen LogP contribution in [0.15, 0.2) is 35.3 Å². The molecule has 18 heavy (non-hydrogen) atoms. The Morgan fingerprint density at radius 1 is 1.44 bits per heavy atom. The zero-order valence-electron chi connectivity index (χ0n) is 10.2. The Kier molecular flexibility index (Phi) is 8.47. The van der Waals surface area contributed by atoms with Crippen molar-refractivity contribution in [1.82, 2.24) is 4.98 Å². The van der Waals surface area contributed by atoms with Crippen molar-refractivity contribution in [1.29, 1.82) is 0 Å². The first-order chi connectivity index (χ1) is 8.15. The number of hydrogen-bond acceptors (Lipinski definition) is 4. The second-order valence-corrected chi connectivity index (χ2v) is 4.15. The van der Waals surface area contributed by atoms with Gasteiger partial charge in [0.2, 0.25) is 0 Å². The van der Waals surface area contributed by atoms with Gasteiger partial charge in [-0.3, -0.25) is 15.1 Å². The van der Waals surface area contributed by atoms with E-state index in [1.165, 1.54) is 5.56 Å². The number of aromatic nitrogens is 1. The normalized spacial score (nSPS) is 8.78. The van der Waals surface area contributed by atoms with Gasteiger partial charge in [-0.2, -0.15) is 0 Å². The molecule has 0 fully saturated rings. The lowest BCUT2D eigenvalue weighted by Crippen LogP contribution is -1.91. The Morgan fingerprint density at radius 3 is 2.50 bits per heavy atom. The van der Waals surface area contributed by atoms with Crippen LogP contribution in [0, 0.1) is 17.0 Å². The van der Waals surface area contributed by atoms with E-state index in [-0.39, 0.29) is 34.6 Å². The largest absolute Gasteiger partial charge is 0.269 e. The molecule has 0 saturated carbocycles. The average Bonchev–Trinajstić information content (AvgIpc) is 2.87. The first-order valence-corrected chi connectivity index (χ1v) is 6.15. The minimum absolute atomic E-state index is 0. The molecule has 1 aromatic heterocycles. The molecular formula is C12H15IN2O2S. The lowest BCUT2D eigenvalue weighted by Gasteiger charge is -2.00. The Morgan fingerprint density at radius 2 is 2.17 bits per heavy atom. The van der Waals surface area contributed by atoms with Gasteiger partial charge in [0.15, 0.2) is 0 Å². The standard InChI is InChI=1S/C9H11NO2.C3H3NS.HI/c1-3-8-4-5-9(10(11)12)6-7(8)2;1-2-5-3-4-1;/h4-6H,3H2,1-2H3;1-3H;1H. The van der Waals surface area contributed by atoms with Gasteiger partial charge >= 0.3 is 0 Å². The second-order valence-electron chi connectivity index (χ2n) is 3.40. The minimum Gasteiger partial charge on any atom is -0.258 e. The summed E-state index contributed by atoms with van der Waals surface area (Å²) in [6.45, 7) is 3.93. The van der Waals surface area contributed by atoms with Crippen LogP contribution in [0.2, 0.25) is 0 Å². The van der Waals surface area contributed by atoms with E-state index in [0.717, 1.165) is 12.0 Å². The van der Waals surface area contributed by atoms with Crippen LogP contribution >= 0.6 is 35.3 Å². The Bertz CT molecular complexity index is 458. The number of non-ortho nitro benzene ring substituents is 1. The van der Waals surface area contributed by atoms with Crippen LogP contribution in [-0.2, 0) is 6.42 Å². The van der Waals surface area contributed by atoms with E-state index < -0.39 is 0 Å². The highest BCUT2D eigenvalue weighted by Crippen LogP contribution is 2.16. The van der Waals surface area contributed by atoms with Crippen molar-refractivity contribution in [2.45, 2.75) is 20.3 Å². The summed E-state index contributed by atoms with van der Waals surface area (Å²) >= 11 is 1.60. The molecule has 0 radical (unpaired) electrons. The molecule has 2 rings (SSSR count). The summed E-state index contributed by atoms with van der Waals surface area (Å²) in [5.41, 5.74) is 4.12. The van der Waals surface area contributed by atoms with Crippen molar-refractivity contribution in [3.05, 3.63) is 56.5 Å². The summed E-state index contributed by atoms with van der Waals surface area (Å²) in [6, 6.07) is 4.97. The fourth-order valence-electron chi connectivity index (χ4n) is 1.37. The number of halogens is 1. The smallest absolute Gasteiger partial charge is 0.258 e. The third-order valence-corrected chi connectivity index (χ3v) is 2.79. The van der Waals surface area contributed by atoms with E-state index >= 15 is 0 Å². The van der Waals surface area contributed by atoms with Crippen LogP contribution in [0.5, 0.6) is 0 Å². The fraction of sp³-hybridized carbons (Fsp3) is 0.250. The molecule has 1 heterocycles. The van der Waals surface area contributed by atoms with E-state index in [4.69, 9.17) is 0 Å². The zero-order valence-corrected chi connectivity index (χ0v) is 13.3. The molecule has 2 aromatic rings. The SMILES string of the molecule is CCc1ccc([N+](=O)[O-])cc1C.I.c1cscn1. The summed E-state index contributed by atoms with van der Waals surface area (Å²) in [4.78, 5) is 13.7. The Balaban J connectivity index is 0.000000405. The van der Waals surface area contributed by atoms with E-state index in [0.29, 0.717) is 0 Å². The van der Waals surface area contributed by atoms with Crippen LogP contribution in [-0.4, -0.2) is 9.91 Å². The molecule has 0 amide bonds. The van der Waals surface area contributed by atoms with Gasteiger partial charge in [0.05, 0.1) is 10.4 Å². The first kappa shape index (κ1) is 17.0. The van der Waals surface area contributed by atoms with Crippen molar-refractivity contribution in [2.75, 3.05) is 0 Å². The molecule has 0 aliphatic rings. The number of hydrogen-bond donors (Lipinski definition) is 0. The van der Waals surface area contributed by atoms with E-state index in [9.17, 15) is 10.1 Å². The number of benzene rings is 1. The molecule has 0 unspecified atom stereocenters. The summed E-state index contributed by atoms with van der Waals surface area (Å²) < 4.78 is 0. The van der Waals surface area contributed by atoms with Gasteiger partial charge in [0.25, 0.3) is 5.69 Å². The summed E-state index contributed by atoms with van der Waals surface area (Å²) in [5, 5.41) is 12.3. The van der Waals surface area contributed by atoms with Gasteiger partial charge in [-0.15, -0.1) is 35.3 Å². The number of nitrogens with zero attached hydrogens (tertiary/aromatic N) is 2. The van der Waals surface area contributed by atoms with E-state index in [2.05, 4.69) is 4.98 Å². The van der Waals surface area contributed by atoms with Crippen molar-refractivity contribution < 1.29 is 4.92 Å². The predicted molar refractivity (Wildman–Crippen MR) is 84.7 cm³/mol. The van der Waals surface area contributed by atoms with Crippen molar-refractivity contribution in [2.24, 2.45) is 0 Å². The molecule has 0 aliphatic heterocycles. The maximum absolute atomic E-state index is 10.4. The van der Waals surface area contributed by atoms with Gasteiger partial charge in [0.1, 0.15) is 0 Å². The van der Waals surface area contributed by atoms with Gasteiger partial charge in [-0.1, -0.05) is 13.0 Å². The highest BCUT2D eigenvalue weighted by Gasteiger charge is 2.05. The number of rotatable bonds is 2. The van der Waals surface area contributed by atoms with Crippen LogP contribution < -0.4 is 0 Å². The molecule has 4 nitrogen and oxygen atoms in total. The quantitative estimate of drug-likeness (QED) is 0.447. The molecule has 6 heteroatoms. The third-order valence-electron chi connectivity index (χ3n) is 2.27. The van der Waals surface area contributed by atoms with Gasteiger partial charge < -0.3 is 0 Å². The molecular weight excluding hydrogens is 363 g/mol. The molecule has 0 bridgehead atoms. The zero-order chi connectivity index (χ0) is 12.7. The molecule has 0 saturated heterocycles. The van der Waals surface area contributed by atoms with E-state index in [1.54, 1.807) is 35.2 Å². The van der Waals surface area contributed by atoms with Crippen LogP contribution in [0.4, 0.5) is 5.69 Å². The van der Waals surface area contributed by atoms with Gasteiger partial charge in [-0.25, -0.2) is 0 Å². The second kappa shape index (κ2) is 8.98. The Hall–Kier alpha value is -1.02. The average molecular weight is 378 g/mol. The molecule has 0 N–H and O–H groups in total. The maximum Gasteiger partial charge on any atom is 0.269 e. The topological polar surface area (TPSA) is 56.0 Å². The summed E-state index contributed by atoms with van der Waals surface area (Å²) in [7, 11) is 0. The van der Waals surface area contributed by atoms with Gasteiger partial charge in [-0.05, 0) is 24.5 Å². The molecule has 0 aliphatic carbocycles. The monoisotopic (exact) mass is 378 g/mol. The first-order valence-electron chi connectivity index (χ1n) is 5.21. The Labute approximate surface area is 127 Å². The number of aryl methyl sites for hydroxylation is 2. The highest BCUT2D eigenvalue weighted by molar-refractivity contribution is 14.0. The number of thiazole rings is 1. The van der Waals surface area contributed by atoms with Gasteiger partial charge in [0, 0.05) is 23.7 Å². The summed E-state index contributed by atoms with van der Waals surface area (Å²) in [6.07, 6.45) is 2.69. The molecule has 98 valence electrons. The fourth-order valence-corrected chi connectivity index (χ4v) is 1.72. The third kappa shape index (κ3) is 5.54. The summed E-state index contributed by atoms with van der Waals surface area (Å²) in [5.74, 6) is 0. The maximum atomic E-state index is 10.4. The van der Waals surface area contributed by atoms with Crippen molar-refractivity contribution >= 4 is 41.0 Å². The highest BCUT2D eigenvalue weighted by atomic mass is 127. The molecule has 1 aromatic carbocycles. The minimum atomic E-state index is -0.369. The van der Waals surface area contributed by atoms with Crippen LogP contribution in [0.3, 0.4) is 0 Å². The van der Waals surface area contributed by atoms with E-state index in [1.807, 2.05) is 25.3 Å². The van der Waals surface area contributed by atoms with Crippen molar-refractivity contribution in [3.63, 3.8) is 0 Å². The number of nitro groups is 1. The lowest BCUT2D eigenvalue weighted by atomic mass is 10.1. The number of nitro benzene ring substituents is 1. The van der Waals surface area contributed by atoms with Crippen LogP contribution in [0.1, 0.15) is 18.1 Å². The predicted octanol–water partition coefficient (Wildman–Crippen LogP) is 4.23. The van der Waals surface area contributed by atoms with Crippen LogP contribution in [0.25, 0.3) is 0 Å². The molecule has 0 atom stereocenters. The lowest BCUT2D eigenvalue weighted by molar-refractivity contribution is -0.384. The van der Waals surface area contributed by atoms with Crippen molar-refractivity contribution in [3.8, 4) is 0 Å².